The number of halogens is 1. The van der Waals surface area contributed by atoms with E-state index in [-0.39, 0.29) is 11.8 Å². The molecule has 0 spiro atoms. The molecule has 0 atom stereocenters. The first-order chi connectivity index (χ1) is 12.6. The monoisotopic (exact) mass is 368 g/mol. The molecule has 5 nitrogen and oxygen atoms in total. The fraction of sp³-hybridized carbons (Fsp3) is 0.300. The van der Waals surface area contributed by atoms with Crippen molar-refractivity contribution in [2.45, 2.75) is 19.4 Å². The molecule has 26 heavy (non-hydrogen) atoms. The fourth-order valence-electron chi connectivity index (χ4n) is 3.77. The van der Waals surface area contributed by atoms with Crippen molar-refractivity contribution >= 4 is 28.4 Å². The Bertz CT molecular complexity index is 930. The molecular formula is C20H21ClN4O. The lowest BCUT2D eigenvalue weighted by molar-refractivity contribution is -0.123. The number of likely N-dealkylation sites (tertiary alicyclic amines) is 1. The number of fused-ring (bicyclic) bond motifs is 1. The number of carbonyl (C=O) groups excluding carboxylic acids is 1. The molecule has 2 aromatic heterocycles. The molecule has 4 rings (SSSR count). The minimum atomic E-state index is -0.186. The molecule has 0 saturated carbocycles. The Morgan fingerprint density at radius 3 is 2.65 bits per heavy atom. The van der Waals surface area contributed by atoms with Gasteiger partial charge in [-0.25, -0.2) is 4.98 Å². The maximum absolute atomic E-state index is 11.4. The molecule has 134 valence electrons. The number of H-pyrrole nitrogens is 1. The predicted octanol–water partition coefficient (Wildman–Crippen LogP) is 3.58. The van der Waals surface area contributed by atoms with Gasteiger partial charge in [0.2, 0.25) is 5.91 Å². The Labute approximate surface area is 157 Å². The topological polar surface area (TPSA) is 75.0 Å². The molecule has 1 fully saturated rings. The largest absolute Gasteiger partial charge is 0.369 e. The molecular weight excluding hydrogens is 348 g/mol. The number of hydrogen-bond acceptors (Lipinski definition) is 3. The lowest BCUT2D eigenvalue weighted by Gasteiger charge is -2.30. The lowest BCUT2D eigenvalue weighted by Crippen LogP contribution is -2.38. The summed E-state index contributed by atoms with van der Waals surface area (Å²) in [6, 6.07) is 12.2. The average Bonchev–Trinajstić information content (AvgIpc) is 3.03. The van der Waals surface area contributed by atoms with Crippen molar-refractivity contribution in [3.05, 3.63) is 53.3 Å². The maximum atomic E-state index is 11.4. The Kier molecular flexibility index (Phi) is 4.66. The van der Waals surface area contributed by atoms with E-state index in [1.807, 2.05) is 24.3 Å². The number of hydrogen-bond donors (Lipinski definition) is 2. The van der Waals surface area contributed by atoms with Crippen molar-refractivity contribution in [1.82, 2.24) is 14.9 Å². The normalized spacial score (nSPS) is 16.2. The first-order valence-corrected chi connectivity index (χ1v) is 9.23. The number of aromatic nitrogens is 2. The molecule has 3 N–H and O–H groups in total. The van der Waals surface area contributed by atoms with Crippen LogP contribution in [0.5, 0.6) is 0 Å². The molecule has 0 radical (unpaired) electrons. The zero-order chi connectivity index (χ0) is 18.1. The number of nitrogens with one attached hydrogen (secondary N) is 1. The molecule has 0 bridgehead atoms. The van der Waals surface area contributed by atoms with Crippen LogP contribution < -0.4 is 5.73 Å². The predicted molar refractivity (Wildman–Crippen MR) is 104 cm³/mol. The molecule has 0 unspecified atom stereocenters. The smallest absolute Gasteiger partial charge is 0.220 e. The molecule has 1 saturated heterocycles. The van der Waals surface area contributed by atoms with Gasteiger partial charge >= 0.3 is 0 Å². The number of pyridine rings is 1. The summed E-state index contributed by atoms with van der Waals surface area (Å²) >= 11 is 6.43. The number of rotatable bonds is 4. The molecule has 3 heterocycles. The van der Waals surface area contributed by atoms with E-state index >= 15 is 0 Å². The maximum Gasteiger partial charge on any atom is 0.220 e. The van der Waals surface area contributed by atoms with Crippen molar-refractivity contribution in [3.8, 4) is 11.3 Å². The summed E-state index contributed by atoms with van der Waals surface area (Å²) in [5.74, 6) is -0.193. The zero-order valence-corrected chi connectivity index (χ0v) is 15.2. The Balaban J connectivity index is 1.70. The molecule has 1 amide bonds. The van der Waals surface area contributed by atoms with E-state index in [0.29, 0.717) is 5.15 Å². The van der Waals surface area contributed by atoms with E-state index < -0.39 is 0 Å². The fourth-order valence-corrected chi connectivity index (χ4v) is 4.04. The number of piperidine rings is 1. The molecule has 0 aliphatic carbocycles. The van der Waals surface area contributed by atoms with Crippen LogP contribution in [-0.4, -0.2) is 33.9 Å². The van der Waals surface area contributed by atoms with Crippen LogP contribution in [0.2, 0.25) is 5.15 Å². The minimum Gasteiger partial charge on any atom is -0.369 e. The van der Waals surface area contributed by atoms with Gasteiger partial charge in [-0.2, -0.15) is 0 Å². The first kappa shape index (κ1) is 17.1. The standard InChI is InChI=1S/C20H21ClN4O/c21-19-17-15(12-25-10-7-14(8-11-25)20(22)26)18(13-4-2-1-3-5-13)24-16(17)6-9-23-19/h1-6,9,14,24H,7-8,10-12H2,(H2,22,26). The third-order valence-corrected chi connectivity index (χ3v) is 5.49. The van der Waals surface area contributed by atoms with Crippen molar-refractivity contribution < 1.29 is 4.79 Å². The molecule has 3 aromatic rings. The minimum absolute atomic E-state index is 0.00642. The van der Waals surface area contributed by atoms with E-state index in [2.05, 4.69) is 27.0 Å². The summed E-state index contributed by atoms with van der Waals surface area (Å²) in [6.07, 6.45) is 3.34. The summed E-state index contributed by atoms with van der Waals surface area (Å²) in [6.45, 7) is 2.47. The van der Waals surface area contributed by atoms with Crippen LogP contribution in [-0.2, 0) is 11.3 Å². The number of aromatic amines is 1. The molecule has 1 aliphatic heterocycles. The first-order valence-electron chi connectivity index (χ1n) is 8.85. The highest BCUT2D eigenvalue weighted by molar-refractivity contribution is 6.34. The van der Waals surface area contributed by atoms with Crippen LogP contribution >= 0.6 is 11.6 Å². The second-order valence-electron chi connectivity index (χ2n) is 6.82. The number of benzene rings is 1. The third kappa shape index (κ3) is 3.20. The van der Waals surface area contributed by atoms with Gasteiger partial charge in [0.25, 0.3) is 0 Å². The number of nitrogens with zero attached hydrogens (tertiary/aromatic N) is 2. The number of primary amides is 1. The van der Waals surface area contributed by atoms with Crippen LogP contribution in [0, 0.1) is 5.92 Å². The Hall–Kier alpha value is -2.37. The second-order valence-corrected chi connectivity index (χ2v) is 7.18. The summed E-state index contributed by atoms with van der Waals surface area (Å²) in [5.41, 5.74) is 9.80. The second kappa shape index (κ2) is 7.09. The number of amides is 1. The highest BCUT2D eigenvalue weighted by Gasteiger charge is 2.25. The molecule has 1 aromatic carbocycles. The van der Waals surface area contributed by atoms with E-state index in [0.717, 1.165) is 60.2 Å². The van der Waals surface area contributed by atoms with Gasteiger partial charge in [-0.15, -0.1) is 0 Å². The lowest BCUT2D eigenvalue weighted by atomic mass is 9.95. The van der Waals surface area contributed by atoms with Crippen molar-refractivity contribution in [3.63, 3.8) is 0 Å². The van der Waals surface area contributed by atoms with E-state index in [1.165, 1.54) is 0 Å². The van der Waals surface area contributed by atoms with Gasteiger partial charge in [-0.3, -0.25) is 9.69 Å². The van der Waals surface area contributed by atoms with Gasteiger partial charge < -0.3 is 10.7 Å². The van der Waals surface area contributed by atoms with Gasteiger partial charge in [0.05, 0.1) is 11.2 Å². The van der Waals surface area contributed by atoms with Crippen molar-refractivity contribution in [2.75, 3.05) is 13.1 Å². The quantitative estimate of drug-likeness (QED) is 0.691. The van der Waals surface area contributed by atoms with Crippen LogP contribution in [0.4, 0.5) is 0 Å². The average molecular weight is 369 g/mol. The van der Waals surface area contributed by atoms with Gasteiger partial charge in [0.1, 0.15) is 5.15 Å². The molecule has 1 aliphatic rings. The SMILES string of the molecule is NC(=O)C1CCN(Cc2c(-c3ccccc3)[nH]c3ccnc(Cl)c23)CC1. The van der Waals surface area contributed by atoms with Crippen molar-refractivity contribution in [1.29, 1.82) is 0 Å². The van der Waals surface area contributed by atoms with E-state index in [1.54, 1.807) is 6.20 Å². The third-order valence-electron chi connectivity index (χ3n) is 5.20. The van der Waals surface area contributed by atoms with Crippen LogP contribution in [0.15, 0.2) is 42.6 Å². The summed E-state index contributed by atoms with van der Waals surface area (Å²) in [5, 5.41) is 1.49. The number of carbonyl (C=O) groups is 1. The summed E-state index contributed by atoms with van der Waals surface area (Å²) in [7, 11) is 0. The number of nitrogens with two attached hydrogens (primary N) is 1. The Morgan fingerprint density at radius 1 is 1.23 bits per heavy atom. The highest BCUT2D eigenvalue weighted by Crippen LogP contribution is 2.35. The Morgan fingerprint density at radius 2 is 1.96 bits per heavy atom. The summed E-state index contributed by atoms with van der Waals surface area (Å²) in [4.78, 5) is 21.6. The van der Waals surface area contributed by atoms with Gasteiger partial charge in [-0.1, -0.05) is 41.9 Å². The van der Waals surface area contributed by atoms with Gasteiger partial charge in [0.15, 0.2) is 0 Å². The van der Waals surface area contributed by atoms with E-state index in [9.17, 15) is 4.79 Å². The van der Waals surface area contributed by atoms with Gasteiger partial charge in [-0.05, 0) is 37.6 Å². The zero-order valence-electron chi connectivity index (χ0n) is 14.4. The molecule has 6 heteroatoms. The highest BCUT2D eigenvalue weighted by atomic mass is 35.5. The van der Waals surface area contributed by atoms with Crippen LogP contribution in [0.25, 0.3) is 22.2 Å². The van der Waals surface area contributed by atoms with Crippen LogP contribution in [0.1, 0.15) is 18.4 Å². The van der Waals surface area contributed by atoms with E-state index in [4.69, 9.17) is 17.3 Å². The van der Waals surface area contributed by atoms with Crippen molar-refractivity contribution in [2.24, 2.45) is 11.7 Å². The van der Waals surface area contributed by atoms with Crippen LogP contribution in [0.3, 0.4) is 0 Å². The van der Waals surface area contributed by atoms with Gasteiger partial charge in [0, 0.05) is 29.6 Å². The summed E-state index contributed by atoms with van der Waals surface area (Å²) < 4.78 is 0.